The number of rotatable bonds is 5. The quantitative estimate of drug-likeness (QED) is 0.789. The van der Waals surface area contributed by atoms with Gasteiger partial charge in [-0.2, -0.15) is 0 Å². The first-order chi connectivity index (χ1) is 13.2. The summed E-state index contributed by atoms with van der Waals surface area (Å²) in [5.74, 6) is 0. The van der Waals surface area contributed by atoms with Gasteiger partial charge in [0.2, 0.25) is 0 Å². The van der Waals surface area contributed by atoms with Gasteiger partial charge in [0.05, 0.1) is 0 Å². The molecule has 4 nitrogen and oxygen atoms in total. The Hall–Kier alpha value is -2.20. The van der Waals surface area contributed by atoms with Crippen LogP contribution in [0.5, 0.6) is 0 Å². The van der Waals surface area contributed by atoms with E-state index in [1.807, 2.05) is 6.07 Å². The highest BCUT2D eigenvalue weighted by atomic mass is 15.2. The summed E-state index contributed by atoms with van der Waals surface area (Å²) in [6, 6.07) is 16.0. The Labute approximate surface area is 163 Å². The van der Waals surface area contributed by atoms with Gasteiger partial charge in [0, 0.05) is 55.8 Å². The summed E-state index contributed by atoms with van der Waals surface area (Å²) in [5, 5.41) is 3.78. The van der Waals surface area contributed by atoms with Gasteiger partial charge in [-0.3, -0.25) is 0 Å². The monoisotopic (exact) mass is 364 g/mol. The van der Waals surface area contributed by atoms with Crippen molar-refractivity contribution in [3.05, 3.63) is 53.6 Å². The van der Waals surface area contributed by atoms with Gasteiger partial charge in [0.15, 0.2) is 0 Å². The lowest BCUT2D eigenvalue weighted by atomic mass is 10.0. The van der Waals surface area contributed by atoms with Crippen LogP contribution < -0.4 is 20.9 Å². The number of benzene rings is 2. The molecule has 2 aromatic rings. The molecule has 0 aromatic heterocycles. The Bertz CT molecular complexity index is 738. The molecular formula is C23H32N4. The lowest BCUT2D eigenvalue weighted by Crippen LogP contribution is -2.42. The van der Waals surface area contributed by atoms with Gasteiger partial charge in [-0.1, -0.05) is 12.1 Å². The predicted octanol–water partition coefficient (Wildman–Crippen LogP) is 3.94. The number of anilines is 3. The average Bonchev–Trinajstić information content (AvgIpc) is 3.21. The van der Waals surface area contributed by atoms with Crippen molar-refractivity contribution in [1.29, 1.82) is 0 Å². The van der Waals surface area contributed by atoms with Gasteiger partial charge in [0.25, 0.3) is 0 Å². The van der Waals surface area contributed by atoms with Crippen molar-refractivity contribution in [2.24, 2.45) is 0 Å². The summed E-state index contributed by atoms with van der Waals surface area (Å²) >= 11 is 0. The average molecular weight is 365 g/mol. The van der Waals surface area contributed by atoms with Gasteiger partial charge in [-0.05, 0) is 74.1 Å². The van der Waals surface area contributed by atoms with Crippen molar-refractivity contribution in [2.75, 3.05) is 41.7 Å². The normalized spacial score (nSPS) is 18.3. The Morgan fingerprint density at radius 1 is 0.926 bits per heavy atom. The van der Waals surface area contributed by atoms with E-state index in [0.717, 1.165) is 25.3 Å². The van der Waals surface area contributed by atoms with Crippen molar-refractivity contribution in [3.63, 3.8) is 0 Å². The fourth-order valence-electron chi connectivity index (χ4n) is 4.42. The highest BCUT2D eigenvalue weighted by Gasteiger charge is 2.19. The number of nitrogens with two attached hydrogens (primary N) is 1. The van der Waals surface area contributed by atoms with E-state index in [-0.39, 0.29) is 0 Å². The van der Waals surface area contributed by atoms with E-state index < -0.39 is 0 Å². The van der Waals surface area contributed by atoms with Gasteiger partial charge < -0.3 is 20.9 Å². The van der Waals surface area contributed by atoms with E-state index in [4.69, 9.17) is 5.73 Å². The van der Waals surface area contributed by atoms with E-state index >= 15 is 0 Å². The molecule has 2 aliphatic heterocycles. The van der Waals surface area contributed by atoms with Crippen molar-refractivity contribution in [3.8, 4) is 0 Å². The smallest absolute Gasteiger partial charge is 0.0389 e. The molecule has 0 radical (unpaired) electrons. The first kappa shape index (κ1) is 18.2. The Morgan fingerprint density at radius 2 is 1.67 bits per heavy atom. The lowest BCUT2D eigenvalue weighted by Gasteiger charge is -2.34. The highest BCUT2D eigenvalue weighted by Crippen LogP contribution is 2.25. The number of nitrogen functional groups attached to an aromatic ring is 1. The van der Waals surface area contributed by atoms with Crippen LogP contribution in [-0.2, 0) is 6.54 Å². The molecule has 27 heavy (non-hydrogen) atoms. The minimum Gasteiger partial charge on any atom is -0.399 e. The molecule has 0 saturated carbocycles. The molecule has 0 amide bonds. The number of hydrogen-bond donors (Lipinski definition) is 2. The third-order valence-electron chi connectivity index (χ3n) is 5.92. The summed E-state index contributed by atoms with van der Waals surface area (Å²) in [6.45, 7) is 7.68. The molecule has 4 heteroatoms. The minimum absolute atomic E-state index is 0.596. The van der Waals surface area contributed by atoms with Gasteiger partial charge in [0.1, 0.15) is 0 Å². The van der Waals surface area contributed by atoms with E-state index in [2.05, 4.69) is 58.4 Å². The molecule has 0 spiro atoms. The molecule has 144 valence electrons. The summed E-state index contributed by atoms with van der Waals surface area (Å²) in [5.41, 5.74) is 12.2. The van der Waals surface area contributed by atoms with Crippen molar-refractivity contribution in [2.45, 2.75) is 45.2 Å². The van der Waals surface area contributed by atoms with Gasteiger partial charge >= 0.3 is 0 Å². The summed E-state index contributed by atoms with van der Waals surface area (Å²) in [7, 11) is 0. The summed E-state index contributed by atoms with van der Waals surface area (Å²) < 4.78 is 0. The Morgan fingerprint density at radius 3 is 2.41 bits per heavy atom. The molecule has 0 unspecified atom stereocenters. The zero-order valence-electron chi connectivity index (χ0n) is 16.5. The van der Waals surface area contributed by atoms with E-state index in [9.17, 15) is 0 Å². The number of nitrogens with zero attached hydrogens (tertiary/aromatic N) is 2. The zero-order chi connectivity index (χ0) is 18.6. The number of aryl methyl sites for hydroxylation is 1. The van der Waals surface area contributed by atoms with Crippen LogP contribution in [0.1, 0.15) is 36.8 Å². The van der Waals surface area contributed by atoms with Crippen molar-refractivity contribution in [1.82, 2.24) is 5.32 Å². The molecule has 2 aromatic carbocycles. The van der Waals surface area contributed by atoms with Crippen LogP contribution in [0, 0.1) is 6.92 Å². The van der Waals surface area contributed by atoms with Gasteiger partial charge in [-0.15, -0.1) is 0 Å². The third-order valence-corrected chi connectivity index (χ3v) is 5.92. The van der Waals surface area contributed by atoms with Crippen LogP contribution in [0.3, 0.4) is 0 Å². The molecule has 2 heterocycles. The Kier molecular flexibility index (Phi) is 5.53. The lowest BCUT2D eigenvalue weighted by molar-refractivity contribution is 0.414. The molecule has 3 N–H and O–H groups in total. The molecule has 0 aliphatic carbocycles. The Balaban J connectivity index is 1.29. The standard InChI is InChI=1S/C23H32N4/c1-18-13-20(24)16-23(14-18)27-11-7-21(8-12-27)25-17-19-5-4-6-22(15-19)26-9-2-3-10-26/h4-6,13-16,21,25H,2-3,7-12,17,24H2,1H3. The fourth-order valence-corrected chi connectivity index (χ4v) is 4.42. The summed E-state index contributed by atoms with van der Waals surface area (Å²) in [4.78, 5) is 4.98. The molecule has 2 fully saturated rings. The molecule has 2 saturated heterocycles. The van der Waals surface area contributed by atoms with Crippen LogP contribution in [0.4, 0.5) is 17.1 Å². The SMILES string of the molecule is Cc1cc(N)cc(N2CCC(NCc3cccc(N4CCCC4)c3)CC2)c1. The second kappa shape index (κ2) is 8.22. The van der Waals surface area contributed by atoms with E-state index in [1.54, 1.807) is 0 Å². The van der Waals surface area contributed by atoms with E-state index in [0.29, 0.717) is 6.04 Å². The second-order valence-electron chi connectivity index (χ2n) is 8.11. The zero-order valence-corrected chi connectivity index (χ0v) is 16.5. The third kappa shape index (κ3) is 4.56. The van der Waals surface area contributed by atoms with Crippen LogP contribution in [0.2, 0.25) is 0 Å². The second-order valence-corrected chi connectivity index (χ2v) is 8.11. The molecule has 0 atom stereocenters. The maximum absolute atomic E-state index is 6.02. The number of nitrogens with one attached hydrogen (secondary N) is 1. The highest BCUT2D eigenvalue weighted by molar-refractivity contribution is 5.58. The maximum Gasteiger partial charge on any atom is 0.0389 e. The molecular weight excluding hydrogens is 332 g/mol. The van der Waals surface area contributed by atoms with Gasteiger partial charge in [-0.25, -0.2) is 0 Å². The van der Waals surface area contributed by atoms with Crippen molar-refractivity contribution >= 4 is 17.1 Å². The molecule has 0 bridgehead atoms. The van der Waals surface area contributed by atoms with Crippen LogP contribution >= 0.6 is 0 Å². The van der Waals surface area contributed by atoms with Crippen molar-refractivity contribution < 1.29 is 0 Å². The molecule has 2 aliphatic rings. The van der Waals surface area contributed by atoms with Crippen LogP contribution in [0.25, 0.3) is 0 Å². The molecule has 4 rings (SSSR count). The summed E-state index contributed by atoms with van der Waals surface area (Å²) in [6.07, 6.45) is 5.01. The first-order valence-electron chi connectivity index (χ1n) is 10.4. The maximum atomic E-state index is 6.02. The first-order valence-corrected chi connectivity index (χ1v) is 10.4. The van der Waals surface area contributed by atoms with E-state index in [1.165, 1.54) is 61.3 Å². The fraction of sp³-hybridized carbons (Fsp3) is 0.478. The topological polar surface area (TPSA) is 44.5 Å². The van der Waals surface area contributed by atoms with Crippen LogP contribution in [0.15, 0.2) is 42.5 Å². The predicted molar refractivity (Wildman–Crippen MR) is 116 cm³/mol. The van der Waals surface area contributed by atoms with Crippen LogP contribution in [-0.4, -0.2) is 32.2 Å². The minimum atomic E-state index is 0.596. The number of hydrogen-bond acceptors (Lipinski definition) is 4. The largest absolute Gasteiger partial charge is 0.399 e. The number of piperidine rings is 1.